The van der Waals surface area contributed by atoms with E-state index in [4.69, 9.17) is 16.3 Å². The predicted molar refractivity (Wildman–Crippen MR) is 122 cm³/mol. The van der Waals surface area contributed by atoms with Gasteiger partial charge >= 0.3 is 5.97 Å². The van der Waals surface area contributed by atoms with Crippen LogP contribution in [0.1, 0.15) is 16.2 Å². The van der Waals surface area contributed by atoms with Crippen LogP contribution in [0.3, 0.4) is 0 Å². The number of nitrogens with one attached hydrogen (secondary N) is 1. The molecule has 1 amide bonds. The molecule has 8 heteroatoms. The number of hydrogen-bond donors (Lipinski definition) is 1. The van der Waals surface area contributed by atoms with Gasteiger partial charge in [-0.1, -0.05) is 48.0 Å². The minimum atomic E-state index is -0.981. The molecule has 0 bridgehead atoms. The van der Waals surface area contributed by atoms with E-state index in [0.29, 0.717) is 22.1 Å². The number of fused-ring (bicyclic) bond motifs is 1. The number of aromatic nitrogens is 2. The summed E-state index contributed by atoms with van der Waals surface area (Å²) >= 11 is 5.92. The zero-order valence-electron chi connectivity index (χ0n) is 17.0. The van der Waals surface area contributed by atoms with E-state index < -0.39 is 29.6 Å². The molecule has 0 aliphatic rings. The van der Waals surface area contributed by atoms with E-state index in [-0.39, 0.29) is 0 Å². The summed E-state index contributed by atoms with van der Waals surface area (Å²) in [6, 6.07) is 21.1. The maximum Gasteiger partial charge on any atom is 0.363 e. The van der Waals surface area contributed by atoms with Crippen molar-refractivity contribution in [3.05, 3.63) is 99.4 Å². The average molecular weight is 448 g/mol. The number of rotatable bonds is 5. The highest BCUT2D eigenvalue weighted by atomic mass is 35.5. The minimum Gasteiger partial charge on any atom is -0.451 e. The molecular formula is C24H18ClN3O4. The maximum atomic E-state index is 12.5. The highest BCUT2D eigenvalue weighted by molar-refractivity contribution is 6.30. The second-order valence-electron chi connectivity index (χ2n) is 7.04. The van der Waals surface area contributed by atoms with Crippen molar-refractivity contribution in [2.24, 2.45) is 0 Å². The summed E-state index contributed by atoms with van der Waals surface area (Å²) in [5, 5.41) is 9.23. The molecule has 0 saturated heterocycles. The molecule has 0 saturated carbocycles. The SMILES string of the molecule is Cc1cc(=O)c(C(=O)OCC(=O)Nc2cccc3ccccc23)nn1-c1ccc(Cl)cc1. The first kappa shape index (κ1) is 21.3. The summed E-state index contributed by atoms with van der Waals surface area (Å²) in [6.45, 7) is 1.13. The van der Waals surface area contributed by atoms with Crippen LogP contribution in [0.25, 0.3) is 16.5 Å². The molecule has 160 valence electrons. The molecule has 0 unspecified atom stereocenters. The Bertz CT molecular complexity index is 1380. The molecule has 3 aromatic carbocycles. The van der Waals surface area contributed by atoms with Gasteiger partial charge in [0.1, 0.15) is 0 Å². The van der Waals surface area contributed by atoms with Crippen LogP contribution in [0.4, 0.5) is 5.69 Å². The van der Waals surface area contributed by atoms with Gasteiger partial charge in [-0.05, 0) is 42.6 Å². The molecule has 0 spiro atoms. The van der Waals surface area contributed by atoms with Gasteiger partial charge in [0.15, 0.2) is 6.61 Å². The van der Waals surface area contributed by atoms with Crippen LogP contribution in [0, 0.1) is 6.92 Å². The molecule has 0 aliphatic carbocycles. The average Bonchev–Trinajstić information content (AvgIpc) is 2.79. The number of amides is 1. The van der Waals surface area contributed by atoms with E-state index in [9.17, 15) is 14.4 Å². The second-order valence-corrected chi connectivity index (χ2v) is 7.47. The third-order valence-corrected chi connectivity index (χ3v) is 5.02. The van der Waals surface area contributed by atoms with Crippen molar-refractivity contribution in [2.75, 3.05) is 11.9 Å². The van der Waals surface area contributed by atoms with Crippen LogP contribution in [0.2, 0.25) is 5.02 Å². The number of benzene rings is 3. The van der Waals surface area contributed by atoms with Crippen molar-refractivity contribution in [2.45, 2.75) is 6.92 Å². The highest BCUT2D eigenvalue weighted by Crippen LogP contribution is 2.22. The highest BCUT2D eigenvalue weighted by Gasteiger charge is 2.18. The lowest BCUT2D eigenvalue weighted by molar-refractivity contribution is -0.119. The van der Waals surface area contributed by atoms with E-state index in [2.05, 4.69) is 10.4 Å². The van der Waals surface area contributed by atoms with Crippen LogP contribution in [-0.2, 0) is 9.53 Å². The fourth-order valence-electron chi connectivity index (χ4n) is 3.25. The molecule has 1 heterocycles. The Labute approximate surface area is 188 Å². The number of ether oxygens (including phenoxy) is 1. The summed E-state index contributed by atoms with van der Waals surface area (Å²) in [5.41, 5.74) is 0.746. The zero-order chi connectivity index (χ0) is 22.7. The van der Waals surface area contributed by atoms with Crippen molar-refractivity contribution >= 4 is 39.9 Å². The van der Waals surface area contributed by atoms with Gasteiger partial charge in [-0.2, -0.15) is 5.10 Å². The van der Waals surface area contributed by atoms with Crippen LogP contribution in [0.5, 0.6) is 0 Å². The molecule has 0 atom stereocenters. The summed E-state index contributed by atoms with van der Waals surface area (Å²) in [7, 11) is 0. The van der Waals surface area contributed by atoms with Gasteiger partial charge in [0.2, 0.25) is 11.1 Å². The number of hydrogen-bond acceptors (Lipinski definition) is 5. The van der Waals surface area contributed by atoms with Gasteiger partial charge in [0.25, 0.3) is 5.91 Å². The molecule has 0 aliphatic heterocycles. The number of carbonyl (C=O) groups is 2. The molecule has 32 heavy (non-hydrogen) atoms. The van der Waals surface area contributed by atoms with E-state index in [1.807, 2.05) is 36.4 Å². The first-order valence-electron chi connectivity index (χ1n) is 9.74. The molecule has 0 fully saturated rings. The van der Waals surface area contributed by atoms with Crippen molar-refractivity contribution < 1.29 is 14.3 Å². The summed E-state index contributed by atoms with van der Waals surface area (Å²) in [6.07, 6.45) is 0. The van der Waals surface area contributed by atoms with Crippen LogP contribution < -0.4 is 10.7 Å². The van der Waals surface area contributed by atoms with Crippen molar-refractivity contribution in [1.29, 1.82) is 0 Å². The summed E-state index contributed by atoms with van der Waals surface area (Å²) in [5.74, 6) is -1.51. The van der Waals surface area contributed by atoms with E-state index >= 15 is 0 Å². The quantitative estimate of drug-likeness (QED) is 0.464. The van der Waals surface area contributed by atoms with Gasteiger partial charge < -0.3 is 10.1 Å². The Hall–Kier alpha value is -3.97. The van der Waals surface area contributed by atoms with E-state index in [1.54, 1.807) is 37.3 Å². The molecule has 1 N–H and O–H groups in total. The molecule has 1 aromatic heterocycles. The Morgan fingerprint density at radius 2 is 1.75 bits per heavy atom. The lowest BCUT2D eigenvalue weighted by atomic mass is 10.1. The number of nitrogens with zero attached hydrogens (tertiary/aromatic N) is 2. The van der Waals surface area contributed by atoms with Gasteiger partial charge in [0.05, 0.1) is 5.69 Å². The van der Waals surface area contributed by atoms with E-state index in [0.717, 1.165) is 10.8 Å². The second kappa shape index (κ2) is 9.03. The first-order chi connectivity index (χ1) is 15.4. The van der Waals surface area contributed by atoms with Crippen molar-refractivity contribution in [3.63, 3.8) is 0 Å². The van der Waals surface area contributed by atoms with Crippen LogP contribution in [-0.4, -0.2) is 28.3 Å². The fourth-order valence-corrected chi connectivity index (χ4v) is 3.38. The number of anilines is 1. The number of aryl methyl sites for hydroxylation is 1. The largest absolute Gasteiger partial charge is 0.451 e. The monoisotopic (exact) mass is 447 g/mol. The Balaban J connectivity index is 1.49. The lowest BCUT2D eigenvalue weighted by Gasteiger charge is -2.11. The lowest BCUT2D eigenvalue weighted by Crippen LogP contribution is -2.27. The molecule has 7 nitrogen and oxygen atoms in total. The van der Waals surface area contributed by atoms with Crippen molar-refractivity contribution in [1.82, 2.24) is 9.78 Å². The predicted octanol–water partition coefficient (Wildman–Crippen LogP) is 4.14. The maximum absolute atomic E-state index is 12.5. The molecular weight excluding hydrogens is 430 g/mol. The Morgan fingerprint density at radius 3 is 2.53 bits per heavy atom. The van der Waals surface area contributed by atoms with Gasteiger partial charge in [-0.15, -0.1) is 0 Å². The summed E-state index contributed by atoms with van der Waals surface area (Å²) in [4.78, 5) is 37.1. The van der Waals surface area contributed by atoms with Crippen molar-refractivity contribution in [3.8, 4) is 5.69 Å². The standard InChI is InChI=1S/C24H18ClN3O4/c1-15-13-21(29)23(27-28(15)18-11-9-17(25)10-12-18)24(31)32-14-22(30)26-20-8-4-6-16-5-2-3-7-19(16)20/h2-13H,14H2,1H3,(H,26,30). The third-order valence-electron chi connectivity index (χ3n) is 4.77. The van der Waals surface area contributed by atoms with Crippen LogP contribution >= 0.6 is 11.6 Å². The number of esters is 1. The van der Waals surface area contributed by atoms with E-state index in [1.165, 1.54) is 10.7 Å². The fraction of sp³-hybridized carbons (Fsp3) is 0.0833. The topological polar surface area (TPSA) is 90.3 Å². The van der Waals surface area contributed by atoms with Gasteiger partial charge in [0, 0.05) is 27.9 Å². The smallest absolute Gasteiger partial charge is 0.363 e. The third kappa shape index (κ3) is 4.53. The first-order valence-corrected chi connectivity index (χ1v) is 10.1. The zero-order valence-corrected chi connectivity index (χ0v) is 17.8. The van der Waals surface area contributed by atoms with Crippen LogP contribution in [0.15, 0.2) is 77.6 Å². The Morgan fingerprint density at radius 1 is 1.03 bits per heavy atom. The number of carbonyl (C=O) groups excluding carboxylic acids is 2. The molecule has 0 radical (unpaired) electrons. The van der Waals surface area contributed by atoms with Gasteiger partial charge in [-0.3, -0.25) is 9.59 Å². The number of halogens is 1. The molecule has 4 rings (SSSR count). The Kier molecular flexibility index (Phi) is 6.00. The van der Waals surface area contributed by atoms with Gasteiger partial charge in [-0.25, -0.2) is 9.48 Å². The molecule has 4 aromatic rings. The summed E-state index contributed by atoms with van der Waals surface area (Å²) < 4.78 is 6.49. The normalized spacial score (nSPS) is 10.7. The minimum absolute atomic E-state index is 0.413.